The molecule has 1 N–H and O–H groups in total. The first-order valence-electron chi connectivity index (χ1n) is 11.9. The van der Waals surface area contributed by atoms with E-state index in [1.807, 2.05) is 4.90 Å². The summed E-state index contributed by atoms with van der Waals surface area (Å²) >= 11 is 0. The van der Waals surface area contributed by atoms with Crippen LogP contribution in [0, 0.1) is 0 Å². The Morgan fingerprint density at radius 3 is 2.77 bits per heavy atom. The van der Waals surface area contributed by atoms with E-state index < -0.39 is 6.61 Å². The third-order valence-electron chi connectivity index (χ3n) is 6.87. The fourth-order valence-electron chi connectivity index (χ4n) is 5.21. The van der Waals surface area contributed by atoms with Crippen molar-refractivity contribution in [2.45, 2.75) is 51.3 Å². The molecule has 0 aromatic carbocycles. The zero-order valence-corrected chi connectivity index (χ0v) is 19.9. The molecular weight excluding hydrogens is 462 g/mol. The van der Waals surface area contributed by atoms with Crippen LogP contribution in [0.2, 0.25) is 0 Å². The standard InChI is InChI=1S/C23H30F2N6O4/c1-26-20-19(35-22(24)25)12-18-16(27-20)4-3-8-30(18)21-15-13-29(23(32)33-2)9-5-17(15)31(28-21)14-6-10-34-11-7-14/h12,14,22H,3-11,13H2,1-2H3,(H,26,27). The minimum absolute atomic E-state index is 0.0120. The second kappa shape index (κ2) is 9.84. The molecule has 0 atom stereocenters. The van der Waals surface area contributed by atoms with Crippen LogP contribution in [0.1, 0.15) is 42.3 Å². The Morgan fingerprint density at radius 1 is 1.26 bits per heavy atom. The van der Waals surface area contributed by atoms with E-state index in [4.69, 9.17) is 19.3 Å². The number of carbonyl (C=O) groups excluding carboxylic acids is 1. The minimum atomic E-state index is -2.96. The molecule has 0 spiro atoms. The highest BCUT2D eigenvalue weighted by molar-refractivity contribution is 5.73. The maximum Gasteiger partial charge on any atom is 0.409 e. The van der Waals surface area contributed by atoms with Gasteiger partial charge in [-0.05, 0) is 25.7 Å². The number of ether oxygens (including phenoxy) is 3. The lowest BCUT2D eigenvalue weighted by molar-refractivity contribution is -0.0495. The molecule has 0 unspecified atom stereocenters. The van der Waals surface area contributed by atoms with Gasteiger partial charge in [0.15, 0.2) is 17.4 Å². The van der Waals surface area contributed by atoms with Crippen molar-refractivity contribution >= 4 is 23.4 Å². The predicted octanol–water partition coefficient (Wildman–Crippen LogP) is 3.48. The molecule has 1 fully saturated rings. The SMILES string of the molecule is CNc1nc2c(cc1OC(F)F)N(c1nn(C3CCOCC3)c3c1CN(C(=O)OC)CC3)CCC2. The van der Waals surface area contributed by atoms with Crippen LogP contribution in [0.15, 0.2) is 6.07 Å². The molecule has 5 rings (SSSR count). The largest absolute Gasteiger partial charge is 0.453 e. The normalized spacial score (nSPS) is 18.3. The van der Waals surface area contributed by atoms with Crippen LogP contribution in [-0.2, 0) is 28.9 Å². The van der Waals surface area contributed by atoms with Crippen LogP contribution in [0.3, 0.4) is 0 Å². The van der Waals surface area contributed by atoms with Crippen molar-refractivity contribution < 1.29 is 27.8 Å². The van der Waals surface area contributed by atoms with Gasteiger partial charge in [0.1, 0.15) is 0 Å². The van der Waals surface area contributed by atoms with Gasteiger partial charge in [-0.2, -0.15) is 13.9 Å². The summed E-state index contributed by atoms with van der Waals surface area (Å²) in [5.74, 6) is 0.989. The van der Waals surface area contributed by atoms with Crippen molar-refractivity contribution in [3.8, 4) is 5.75 Å². The number of aromatic nitrogens is 3. The van der Waals surface area contributed by atoms with Gasteiger partial charge >= 0.3 is 12.7 Å². The molecule has 12 heteroatoms. The maximum atomic E-state index is 13.1. The van der Waals surface area contributed by atoms with Crippen LogP contribution < -0.4 is 15.0 Å². The van der Waals surface area contributed by atoms with Gasteiger partial charge in [0.05, 0.1) is 31.1 Å². The zero-order valence-electron chi connectivity index (χ0n) is 19.9. The van der Waals surface area contributed by atoms with E-state index in [1.54, 1.807) is 18.0 Å². The van der Waals surface area contributed by atoms with E-state index in [0.717, 1.165) is 42.0 Å². The number of hydrogen-bond acceptors (Lipinski definition) is 8. The van der Waals surface area contributed by atoms with Gasteiger partial charge in [-0.25, -0.2) is 9.78 Å². The Labute approximate surface area is 202 Å². The highest BCUT2D eigenvalue weighted by atomic mass is 19.3. The Balaban J connectivity index is 1.59. The first-order valence-corrected chi connectivity index (χ1v) is 11.9. The molecule has 1 saturated heterocycles. The number of nitrogens with zero attached hydrogens (tertiary/aromatic N) is 5. The fourth-order valence-corrected chi connectivity index (χ4v) is 5.21. The minimum Gasteiger partial charge on any atom is -0.453 e. The monoisotopic (exact) mass is 492 g/mol. The van der Waals surface area contributed by atoms with Crippen molar-refractivity contribution in [3.63, 3.8) is 0 Å². The van der Waals surface area contributed by atoms with Gasteiger partial charge in [-0.15, -0.1) is 0 Å². The van der Waals surface area contributed by atoms with E-state index in [1.165, 1.54) is 7.11 Å². The van der Waals surface area contributed by atoms with E-state index in [2.05, 4.69) is 15.0 Å². The van der Waals surface area contributed by atoms with Crippen LogP contribution in [0.5, 0.6) is 5.75 Å². The number of pyridine rings is 1. The third-order valence-corrected chi connectivity index (χ3v) is 6.87. The molecule has 0 bridgehead atoms. The van der Waals surface area contributed by atoms with Crippen molar-refractivity contribution in [2.24, 2.45) is 0 Å². The highest BCUT2D eigenvalue weighted by Gasteiger charge is 2.35. The Kier molecular flexibility index (Phi) is 6.63. The Morgan fingerprint density at radius 2 is 2.06 bits per heavy atom. The lowest BCUT2D eigenvalue weighted by Crippen LogP contribution is -2.37. The summed E-state index contributed by atoms with van der Waals surface area (Å²) in [6.07, 6.45) is 3.55. The number of hydrogen-bond donors (Lipinski definition) is 1. The van der Waals surface area contributed by atoms with Crippen LogP contribution in [0.4, 0.5) is 30.9 Å². The number of rotatable bonds is 5. The number of anilines is 3. The number of alkyl halides is 2. The Hall–Kier alpha value is -3.15. The Bertz CT molecular complexity index is 1090. The molecule has 1 amide bonds. The fraction of sp³-hybridized carbons (Fsp3) is 0.609. The smallest absolute Gasteiger partial charge is 0.409 e. The van der Waals surface area contributed by atoms with Gasteiger partial charge < -0.3 is 29.3 Å². The average Bonchev–Trinajstić information content (AvgIpc) is 3.26. The number of halogens is 2. The second-order valence-corrected chi connectivity index (χ2v) is 8.86. The van der Waals surface area contributed by atoms with Crippen molar-refractivity contribution in [1.29, 1.82) is 0 Å². The molecule has 0 saturated carbocycles. The quantitative estimate of drug-likeness (QED) is 0.678. The first-order chi connectivity index (χ1) is 17.0. The number of amides is 1. The molecule has 5 heterocycles. The molecule has 190 valence electrons. The molecule has 3 aliphatic rings. The van der Waals surface area contributed by atoms with E-state index in [9.17, 15) is 13.6 Å². The number of fused-ring (bicyclic) bond motifs is 2. The molecule has 10 nitrogen and oxygen atoms in total. The molecular formula is C23H30F2N6O4. The summed E-state index contributed by atoms with van der Waals surface area (Å²) in [6.45, 7) is -0.0371. The summed E-state index contributed by atoms with van der Waals surface area (Å²) < 4.78 is 43.6. The summed E-state index contributed by atoms with van der Waals surface area (Å²) in [7, 11) is 3.00. The highest BCUT2D eigenvalue weighted by Crippen LogP contribution is 2.41. The number of methoxy groups -OCH3 is 1. The van der Waals surface area contributed by atoms with Gasteiger partial charge in [0, 0.05) is 57.1 Å². The maximum absolute atomic E-state index is 13.1. The summed E-state index contributed by atoms with van der Waals surface area (Å²) in [6, 6.07) is 1.82. The molecule has 0 aliphatic carbocycles. The summed E-state index contributed by atoms with van der Waals surface area (Å²) in [5.41, 5.74) is 3.54. The zero-order chi connectivity index (χ0) is 24.5. The van der Waals surface area contributed by atoms with Gasteiger partial charge in [0.25, 0.3) is 0 Å². The van der Waals surface area contributed by atoms with E-state index >= 15 is 0 Å². The van der Waals surface area contributed by atoms with Crippen molar-refractivity contribution in [2.75, 3.05) is 50.7 Å². The molecule has 3 aliphatic heterocycles. The van der Waals surface area contributed by atoms with E-state index in [-0.39, 0.29) is 23.7 Å². The molecule has 0 radical (unpaired) electrons. The number of nitrogens with one attached hydrogen (secondary N) is 1. The summed E-state index contributed by atoms with van der Waals surface area (Å²) in [4.78, 5) is 20.6. The lowest BCUT2D eigenvalue weighted by Gasteiger charge is -2.32. The van der Waals surface area contributed by atoms with Crippen molar-refractivity contribution in [1.82, 2.24) is 19.7 Å². The first kappa shape index (κ1) is 23.6. The van der Waals surface area contributed by atoms with Gasteiger partial charge in [-0.1, -0.05) is 0 Å². The molecule has 2 aromatic heterocycles. The number of carbonyl (C=O) groups is 1. The van der Waals surface area contributed by atoms with Crippen LogP contribution in [0.25, 0.3) is 0 Å². The average molecular weight is 493 g/mol. The lowest BCUT2D eigenvalue weighted by atomic mass is 10.0. The topological polar surface area (TPSA) is 94.0 Å². The number of aryl methyl sites for hydroxylation is 1. The summed E-state index contributed by atoms with van der Waals surface area (Å²) in [5, 5.41) is 7.92. The third kappa shape index (κ3) is 4.46. The predicted molar refractivity (Wildman–Crippen MR) is 124 cm³/mol. The second-order valence-electron chi connectivity index (χ2n) is 8.86. The molecule has 35 heavy (non-hydrogen) atoms. The van der Waals surface area contributed by atoms with Gasteiger partial charge in [0.2, 0.25) is 0 Å². The van der Waals surface area contributed by atoms with Crippen molar-refractivity contribution in [3.05, 3.63) is 23.0 Å². The van der Waals surface area contributed by atoms with Gasteiger partial charge in [-0.3, -0.25) is 4.68 Å². The van der Waals surface area contributed by atoms with Crippen LogP contribution >= 0.6 is 0 Å². The molecule has 2 aromatic rings. The van der Waals surface area contributed by atoms with E-state index in [0.29, 0.717) is 51.4 Å². The van der Waals surface area contributed by atoms with Crippen LogP contribution in [-0.4, -0.2) is 72.8 Å².